The minimum Gasteiger partial charge on any atom is -0.472 e. The number of ether oxygens (including phenoxy) is 1. The summed E-state index contributed by atoms with van der Waals surface area (Å²) in [5.74, 6) is 1.36. The second kappa shape index (κ2) is 6.05. The third-order valence-corrected chi connectivity index (χ3v) is 5.18. The number of carbonyl (C=O) groups is 1. The van der Waals surface area contributed by atoms with Crippen molar-refractivity contribution in [1.29, 1.82) is 0 Å². The van der Waals surface area contributed by atoms with Gasteiger partial charge in [-0.15, -0.1) is 0 Å². The maximum atomic E-state index is 12.2. The zero-order valence-electron chi connectivity index (χ0n) is 12.9. The summed E-state index contributed by atoms with van der Waals surface area (Å²) in [6.45, 7) is 3.73. The molecule has 5 nitrogen and oxygen atoms in total. The number of nitrogens with zero attached hydrogens (tertiary/aromatic N) is 1. The molecule has 3 fully saturated rings. The maximum Gasteiger partial charge on any atom is 0.249 e. The number of fused-ring (bicyclic) bond motifs is 1. The van der Waals surface area contributed by atoms with Gasteiger partial charge in [0, 0.05) is 25.2 Å². The molecule has 0 unspecified atom stereocenters. The summed E-state index contributed by atoms with van der Waals surface area (Å²) in [5.41, 5.74) is 1.20. The van der Waals surface area contributed by atoms with Gasteiger partial charge >= 0.3 is 0 Å². The molecule has 5 heteroatoms. The number of carbonyl (C=O) groups excluding carboxylic acids is 1. The molecule has 120 valence electrons. The van der Waals surface area contributed by atoms with E-state index < -0.39 is 0 Å². The fourth-order valence-electron chi connectivity index (χ4n) is 3.63. The third-order valence-electron chi connectivity index (χ3n) is 5.18. The molecule has 1 aromatic heterocycles. The van der Waals surface area contributed by atoms with Gasteiger partial charge in [0.25, 0.3) is 0 Å². The van der Waals surface area contributed by atoms with E-state index in [1.54, 1.807) is 12.5 Å². The number of nitrogens with one attached hydrogen (secondary N) is 1. The van der Waals surface area contributed by atoms with Gasteiger partial charge in [0.15, 0.2) is 0 Å². The molecule has 4 rings (SSSR count). The lowest BCUT2D eigenvalue weighted by Gasteiger charge is -2.33. The first kappa shape index (κ1) is 14.3. The summed E-state index contributed by atoms with van der Waals surface area (Å²) in [6.07, 6.45) is 8.03. The van der Waals surface area contributed by atoms with Crippen molar-refractivity contribution in [2.45, 2.75) is 44.4 Å². The predicted molar refractivity (Wildman–Crippen MR) is 81.1 cm³/mol. The Morgan fingerprint density at radius 3 is 3.05 bits per heavy atom. The van der Waals surface area contributed by atoms with Crippen LogP contribution >= 0.6 is 0 Å². The van der Waals surface area contributed by atoms with Gasteiger partial charge in [-0.1, -0.05) is 0 Å². The fraction of sp³-hybridized carbons (Fsp3) is 0.706. The van der Waals surface area contributed by atoms with Gasteiger partial charge < -0.3 is 14.5 Å². The lowest BCUT2D eigenvalue weighted by atomic mass is 9.91. The second-order valence-corrected chi connectivity index (χ2v) is 7.00. The topological polar surface area (TPSA) is 54.7 Å². The first-order chi connectivity index (χ1) is 10.8. The standard InChI is InChI=1S/C17H24N2O3/c20-17(18-8-12-1-2-12)15-7-14-3-5-19(10-16(14)22-15)9-13-4-6-21-11-13/h4,6,11-12,14-16H,1-3,5,7-10H2,(H,18,20)/t14-,15-,16-/m0/s1. The van der Waals surface area contributed by atoms with Crippen LogP contribution in [0.1, 0.15) is 31.2 Å². The highest BCUT2D eigenvalue weighted by Gasteiger charge is 2.41. The normalized spacial score (nSPS) is 31.9. The molecule has 3 atom stereocenters. The molecule has 1 N–H and O–H groups in total. The van der Waals surface area contributed by atoms with Gasteiger partial charge in [-0.3, -0.25) is 9.69 Å². The van der Waals surface area contributed by atoms with Crippen molar-refractivity contribution < 1.29 is 13.9 Å². The van der Waals surface area contributed by atoms with E-state index in [4.69, 9.17) is 9.15 Å². The number of hydrogen-bond donors (Lipinski definition) is 1. The Morgan fingerprint density at radius 1 is 1.36 bits per heavy atom. The van der Waals surface area contributed by atoms with E-state index in [0.29, 0.717) is 5.92 Å². The first-order valence-corrected chi connectivity index (χ1v) is 8.44. The van der Waals surface area contributed by atoms with Crippen LogP contribution in [0.4, 0.5) is 0 Å². The fourth-order valence-corrected chi connectivity index (χ4v) is 3.63. The molecule has 3 heterocycles. The number of piperidine rings is 1. The summed E-state index contributed by atoms with van der Waals surface area (Å²) < 4.78 is 11.2. The van der Waals surface area contributed by atoms with Crippen molar-refractivity contribution in [2.24, 2.45) is 11.8 Å². The minimum absolute atomic E-state index is 0.0997. The van der Waals surface area contributed by atoms with Gasteiger partial charge in [-0.2, -0.15) is 0 Å². The maximum absolute atomic E-state index is 12.2. The van der Waals surface area contributed by atoms with Crippen LogP contribution in [-0.4, -0.2) is 42.6 Å². The number of rotatable bonds is 5. The molecule has 1 saturated carbocycles. The molecule has 22 heavy (non-hydrogen) atoms. The Balaban J connectivity index is 1.28. The molecule has 0 spiro atoms. The van der Waals surface area contributed by atoms with Crippen molar-refractivity contribution in [2.75, 3.05) is 19.6 Å². The second-order valence-electron chi connectivity index (χ2n) is 7.00. The smallest absolute Gasteiger partial charge is 0.249 e. The SMILES string of the molecule is O=C(NCC1CC1)[C@@H]1C[C@@H]2CCN(Cc3ccoc3)C[C@@H]2O1. The highest BCUT2D eigenvalue weighted by atomic mass is 16.5. The molecule has 0 bridgehead atoms. The molecule has 2 aliphatic heterocycles. The Morgan fingerprint density at radius 2 is 2.27 bits per heavy atom. The zero-order valence-corrected chi connectivity index (χ0v) is 12.9. The molecule has 0 aromatic carbocycles. The van der Waals surface area contributed by atoms with Crippen molar-refractivity contribution in [1.82, 2.24) is 10.2 Å². The van der Waals surface area contributed by atoms with Crippen LogP contribution in [0, 0.1) is 11.8 Å². The Hall–Kier alpha value is -1.33. The predicted octanol–water partition coefficient (Wildman–Crippen LogP) is 1.79. The largest absolute Gasteiger partial charge is 0.472 e. The van der Waals surface area contributed by atoms with Crippen molar-refractivity contribution in [3.63, 3.8) is 0 Å². The Labute approximate surface area is 131 Å². The van der Waals surface area contributed by atoms with Crippen LogP contribution in [-0.2, 0) is 16.1 Å². The summed E-state index contributed by atoms with van der Waals surface area (Å²) in [4.78, 5) is 14.6. The van der Waals surface area contributed by atoms with Crippen LogP contribution in [0.3, 0.4) is 0 Å². The summed E-state index contributed by atoms with van der Waals surface area (Å²) in [6, 6.07) is 2.01. The quantitative estimate of drug-likeness (QED) is 0.901. The first-order valence-electron chi connectivity index (χ1n) is 8.44. The molecule has 0 radical (unpaired) electrons. The van der Waals surface area contributed by atoms with Crippen LogP contribution in [0.5, 0.6) is 0 Å². The third kappa shape index (κ3) is 3.20. The van der Waals surface area contributed by atoms with E-state index >= 15 is 0 Å². The molecular weight excluding hydrogens is 280 g/mol. The van der Waals surface area contributed by atoms with E-state index in [-0.39, 0.29) is 18.1 Å². The van der Waals surface area contributed by atoms with E-state index in [9.17, 15) is 4.79 Å². The van der Waals surface area contributed by atoms with Gasteiger partial charge in [-0.05, 0) is 50.1 Å². The Kier molecular flexibility index (Phi) is 3.92. The van der Waals surface area contributed by atoms with Crippen LogP contribution in [0.25, 0.3) is 0 Å². The zero-order chi connectivity index (χ0) is 14.9. The van der Waals surface area contributed by atoms with Gasteiger partial charge in [0.1, 0.15) is 6.10 Å². The lowest BCUT2D eigenvalue weighted by Crippen LogP contribution is -2.42. The summed E-state index contributed by atoms with van der Waals surface area (Å²) in [5, 5.41) is 3.05. The van der Waals surface area contributed by atoms with Crippen LogP contribution < -0.4 is 5.32 Å². The highest BCUT2D eigenvalue weighted by molar-refractivity contribution is 5.81. The number of likely N-dealkylation sites (tertiary alicyclic amines) is 1. The van der Waals surface area contributed by atoms with Crippen molar-refractivity contribution in [3.05, 3.63) is 24.2 Å². The lowest BCUT2D eigenvalue weighted by molar-refractivity contribution is -0.132. The number of furan rings is 1. The van der Waals surface area contributed by atoms with Gasteiger partial charge in [0.2, 0.25) is 5.91 Å². The molecule has 1 aromatic rings. The van der Waals surface area contributed by atoms with E-state index in [0.717, 1.165) is 44.9 Å². The average Bonchev–Trinajstić information content (AvgIpc) is 3.03. The Bertz CT molecular complexity index is 512. The van der Waals surface area contributed by atoms with Gasteiger partial charge in [-0.25, -0.2) is 0 Å². The summed E-state index contributed by atoms with van der Waals surface area (Å²) >= 11 is 0. The highest BCUT2D eigenvalue weighted by Crippen LogP contribution is 2.34. The van der Waals surface area contributed by atoms with E-state index in [1.165, 1.54) is 18.4 Å². The molecule has 3 aliphatic rings. The number of amides is 1. The molecule has 1 amide bonds. The average molecular weight is 304 g/mol. The van der Waals surface area contributed by atoms with Crippen molar-refractivity contribution in [3.8, 4) is 0 Å². The summed E-state index contributed by atoms with van der Waals surface area (Å²) in [7, 11) is 0. The van der Waals surface area contributed by atoms with Crippen LogP contribution in [0.15, 0.2) is 23.0 Å². The van der Waals surface area contributed by atoms with Crippen LogP contribution in [0.2, 0.25) is 0 Å². The molecule has 1 aliphatic carbocycles. The molecular formula is C17H24N2O3. The number of hydrogen-bond acceptors (Lipinski definition) is 4. The minimum atomic E-state index is -0.234. The van der Waals surface area contributed by atoms with E-state index in [1.807, 2.05) is 6.07 Å². The molecule has 2 saturated heterocycles. The monoisotopic (exact) mass is 304 g/mol. The van der Waals surface area contributed by atoms with Gasteiger partial charge in [0.05, 0.1) is 18.6 Å². The van der Waals surface area contributed by atoms with E-state index in [2.05, 4.69) is 10.2 Å². The van der Waals surface area contributed by atoms with Crippen molar-refractivity contribution >= 4 is 5.91 Å².